The van der Waals surface area contributed by atoms with Gasteiger partial charge in [-0.25, -0.2) is 5.43 Å². The zero-order valence-electron chi connectivity index (χ0n) is 14.5. The van der Waals surface area contributed by atoms with E-state index < -0.39 is 10.8 Å². The Balaban J connectivity index is 1.47. The highest BCUT2D eigenvalue weighted by molar-refractivity contribution is 5.99. The van der Waals surface area contributed by atoms with Crippen LogP contribution in [-0.4, -0.2) is 22.0 Å². The second-order valence-electron chi connectivity index (χ2n) is 5.96. The van der Waals surface area contributed by atoms with E-state index in [1.165, 1.54) is 18.2 Å². The number of aromatic nitrogens is 1. The molecule has 0 radical (unpaired) electrons. The number of fused-ring (bicyclic) bond motifs is 1. The van der Waals surface area contributed by atoms with E-state index >= 15 is 0 Å². The summed E-state index contributed by atoms with van der Waals surface area (Å²) in [5, 5.41) is 15.8. The first-order valence-corrected chi connectivity index (χ1v) is 8.36. The molecule has 0 saturated carbocycles. The molecule has 4 rings (SSSR count). The number of aromatic amines is 1. The number of amides is 1. The lowest BCUT2D eigenvalue weighted by Gasteiger charge is -1.98. The molecule has 2 N–H and O–H groups in total. The van der Waals surface area contributed by atoms with Gasteiger partial charge in [0.15, 0.2) is 5.76 Å². The highest BCUT2D eigenvalue weighted by Crippen LogP contribution is 2.25. The maximum atomic E-state index is 12.2. The number of hydrazone groups is 1. The van der Waals surface area contributed by atoms with E-state index in [2.05, 4.69) is 15.5 Å². The van der Waals surface area contributed by atoms with Crippen molar-refractivity contribution < 1.29 is 14.1 Å². The van der Waals surface area contributed by atoms with Crippen LogP contribution in [0.2, 0.25) is 0 Å². The maximum absolute atomic E-state index is 12.2. The highest BCUT2D eigenvalue weighted by Gasteiger charge is 2.14. The first-order chi connectivity index (χ1) is 13.6. The molecule has 0 unspecified atom stereocenters. The Bertz CT molecular complexity index is 1210. The van der Waals surface area contributed by atoms with E-state index in [9.17, 15) is 14.9 Å². The fourth-order valence-electron chi connectivity index (χ4n) is 2.80. The number of nitro benzene ring substituents is 1. The minimum absolute atomic E-state index is 0.0526. The summed E-state index contributed by atoms with van der Waals surface area (Å²) in [6.07, 6.45) is 3.34. The van der Waals surface area contributed by atoms with Gasteiger partial charge in [0.25, 0.3) is 5.69 Å². The number of nitrogens with zero attached hydrogens (tertiary/aromatic N) is 2. The molecule has 0 aliphatic rings. The van der Waals surface area contributed by atoms with Crippen molar-refractivity contribution in [3.63, 3.8) is 0 Å². The fraction of sp³-hybridized carbons (Fsp3) is 0. The molecule has 0 spiro atoms. The molecule has 138 valence electrons. The number of rotatable bonds is 5. The largest absolute Gasteiger partial charge is 0.451 e. The Kier molecular flexibility index (Phi) is 4.43. The van der Waals surface area contributed by atoms with Gasteiger partial charge in [-0.05, 0) is 18.2 Å². The topological polar surface area (TPSA) is 114 Å². The summed E-state index contributed by atoms with van der Waals surface area (Å²) in [6.45, 7) is 0. The third-order valence-electron chi connectivity index (χ3n) is 4.16. The third kappa shape index (κ3) is 3.38. The van der Waals surface area contributed by atoms with Gasteiger partial charge in [0.05, 0.1) is 11.1 Å². The lowest BCUT2D eigenvalue weighted by molar-refractivity contribution is -0.384. The molecule has 0 atom stereocenters. The van der Waals surface area contributed by atoms with Crippen LogP contribution in [0.5, 0.6) is 0 Å². The lowest BCUT2D eigenvalue weighted by atomic mass is 10.1. The summed E-state index contributed by atoms with van der Waals surface area (Å²) in [7, 11) is 0. The van der Waals surface area contributed by atoms with Crippen molar-refractivity contribution >= 4 is 28.7 Å². The quantitative estimate of drug-likeness (QED) is 0.311. The smallest absolute Gasteiger partial charge is 0.307 e. The second kappa shape index (κ2) is 7.20. The van der Waals surface area contributed by atoms with Crippen molar-refractivity contribution in [2.24, 2.45) is 5.10 Å². The van der Waals surface area contributed by atoms with Gasteiger partial charge in [-0.15, -0.1) is 0 Å². The van der Waals surface area contributed by atoms with Crippen LogP contribution in [-0.2, 0) is 0 Å². The van der Waals surface area contributed by atoms with Crippen LogP contribution in [0.4, 0.5) is 5.69 Å². The van der Waals surface area contributed by atoms with E-state index in [0.29, 0.717) is 11.3 Å². The summed E-state index contributed by atoms with van der Waals surface area (Å²) in [6, 6.07) is 16.8. The number of furan rings is 1. The number of hydrogen-bond donors (Lipinski definition) is 2. The van der Waals surface area contributed by atoms with E-state index in [1.54, 1.807) is 30.6 Å². The standard InChI is InChI=1S/C20H14N4O4/c25-20(23-22-12-14-11-21-17-7-2-1-6-16(14)17)19-9-8-18(28-19)13-4-3-5-15(10-13)24(26)27/h1-12,21H,(H,23,25)/b22-12+. The molecule has 2 aromatic carbocycles. The summed E-state index contributed by atoms with van der Waals surface area (Å²) < 4.78 is 5.51. The summed E-state index contributed by atoms with van der Waals surface area (Å²) in [5.41, 5.74) is 4.68. The molecule has 0 aliphatic heterocycles. The van der Waals surface area contributed by atoms with Crippen LogP contribution in [0.15, 0.2) is 76.4 Å². The minimum Gasteiger partial charge on any atom is -0.451 e. The van der Waals surface area contributed by atoms with Crippen LogP contribution in [0.1, 0.15) is 16.1 Å². The molecular formula is C20H14N4O4. The average molecular weight is 374 g/mol. The van der Waals surface area contributed by atoms with Gasteiger partial charge < -0.3 is 9.40 Å². The fourth-order valence-corrected chi connectivity index (χ4v) is 2.80. The monoisotopic (exact) mass is 374 g/mol. The average Bonchev–Trinajstić information content (AvgIpc) is 3.36. The van der Waals surface area contributed by atoms with Crippen LogP contribution in [0.3, 0.4) is 0 Å². The number of benzene rings is 2. The Hall–Kier alpha value is -4.20. The number of hydrogen-bond acceptors (Lipinski definition) is 5. The van der Waals surface area contributed by atoms with Gasteiger partial charge in [0, 0.05) is 40.4 Å². The summed E-state index contributed by atoms with van der Waals surface area (Å²) in [5.74, 6) is -0.111. The van der Waals surface area contributed by atoms with E-state index in [4.69, 9.17) is 4.42 Å². The van der Waals surface area contributed by atoms with Crippen molar-refractivity contribution in [3.05, 3.63) is 88.3 Å². The minimum atomic E-state index is -0.521. The normalized spacial score (nSPS) is 11.1. The van der Waals surface area contributed by atoms with Gasteiger partial charge in [-0.2, -0.15) is 5.10 Å². The Morgan fingerprint density at radius 3 is 2.86 bits per heavy atom. The molecule has 2 heterocycles. The summed E-state index contributed by atoms with van der Waals surface area (Å²) >= 11 is 0. The van der Waals surface area contributed by atoms with Crippen LogP contribution in [0.25, 0.3) is 22.2 Å². The van der Waals surface area contributed by atoms with Gasteiger partial charge in [0.2, 0.25) is 0 Å². The molecule has 8 heteroatoms. The van der Waals surface area contributed by atoms with Gasteiger partial charge in [-0.3, -0.25) is 14.9 Å². The Labute approximate surface area is 158 Å². The molecule has 4 aromatic rings. The van der Waals surface area contributed by atoms with E-state index in [1.807, 2.05) is 24.3 Å². The van der Waals surface area contributed by atoms with E-state index in [-0.39, 0.29) is 11.4 Å². The van der Waals surface area contributed by atoms with Crippen LogP contribution >= 0.6 is 0 Å². The highest BCUT2D eigenvalue weighted by atomic mass is 16.6. The summed E-state index contributed by atoms with van der Waals surface area (Å²) in [4.78, 5) is 25.7. The second-order valence-corrected chi connectivity index (χ2v) is 5.96. The molecule has 1 amide bonds. The van der Waals surface area contributed by atoms with E-state index in [0.717, 1.165) is 16.5 Å². The molecule has 0 fully saturated rings. The molecule has 0 bridgehead atoms. The van der Waals surface area contributed by atoms with Crippen molar-refractivity contribution in [2.75, 3.05) is 0 Å². The molecule has 0 aliphatic carbocycles. The van der Waals surface area contributed by atoms with Crippen molar-refractivity contribution in [1.29, 1.82) is 0 Å². The number of carbonyl (C=O) groups is 1. The van der Waals surface area contributed by atoms with Gasteiger partial charge >= 0.3 is 5.91 Å². The maximum Gasteiger partial charge on any atom is 0.307 e. The predicted octanol–water partition coefficient (Wildman–Crippen LogP) is 4.10. The number of carbonyl (C=O) groups excluding carboxylic acids is 1. The number of non-ortho nitro benzene ring substituents is 1. The van der Waals surface area contributed by atoms with Crippen molar-refractivity contribution in [3.8, 4) is 11.3 Å². The van der Waals surface area contributed by atoms with Crippen molar-refractivity contribution in [1.82, 2.24) is 10.4 Å². The Morgan fingerprint density at radius 2 is 2.00 bits per heavy atom. The lowest BCUT2D eigenvalue weighted by Crippen LogP contribution is -2.16. The Morgan fingerprint density at radius 1 is 1.14 bits per heavy atom. The zero-order valence-corrected chi connectivity index (χ0v) is 14.5. The molecule has 8 nitrogen and oxygen atoms in total. The van der Waals surface area contributed by atoms with Crippen LogP contribution < -0.4 is 5.43 Å². The van der Waals surface area contributed by atoms with Gasteiger partial charge in [0.1, 0.15) is 5.76 Å². The van der Waals surface area contributed by atoms with Crippen molar-refractivity contribution in [2.45, 2.75) is 0 Å². The third-order valence-corrected chi connectivity index (χ3v) is 4.16. The SMILES string of the molecule is O=C(N/N=C/c1c[nH]c2ccccc12)c1ccc(-c2cccc([N+](=O)[O-])c2)o1. The number of nitrogens with one attached hydrogen (secondary N) is 2. The first-order valence-electron chi connectivity index (χ1n) is 8.36. The molecule has 28 heavy (non-hydrogen) atoms. The molecule has 2 aromatic heterocycles. The predicted molar refractivity (Wildman–Crippen MR) is 104 cm³/mol. The number of nitro groups is 1. The molecule has 0 saturated heterocycles. The molecular weight excluding hydrogens is 360 g/mol. The first kappa shape index (κ1) is 17.2. The van der Waals surface area contributed by atoms with Crippen LogP contribution in [0, 0.1) is 10.1 Å². The van der Waals surface area contributed by atoms with Gasteiger partial charge in [-0.1, -0.05) is 30.3 Å². The number of para-hydroxylation sites is 1. The zero-order chi connectivity index (χ0) is 19.5. The number of H-pyrrole nitrogens is 1.